The molecule has 0 saturated carbocycles. The fourth-order valence-corrected chi connectivity index (χ4v) is 2.85. The van der Waals surface area contributed by atoms with Gasteiger partial charge in [0.1, 0.15) is 0 Å². The monoisotopic (exact) mass is 600 g/mol. The van der Waals surface area contributed by atoms with E-state index in [1.807, 2.05) is 0 Å². The molecule has 39 heavy (non-hydrogen) atoms. The van der Waals surface area contributed by atoms with Gasteiger partial charge in [-0.05, 0) is 17.3 Å². The Labute approximate surface area is 213 Å². The van der Waals surface area contributed by atoms with Crippen LogP contribution >= 0.6 is 0 Å². The maximum atomic E-state index is 12.9. The number of rotatable bonds is 8. The van der Waals surface area contributed by atoms with Gasteiger partial charge in [0, 0.05) is 0 Å². The second-order valence-electron chi connectivity index (χ2n) is 10.4. The van der Waals surface area contributed by atoms with Crippen LogP contribution in [0, 0.1) is 16.7 Å². The highest BCUT2D eigenvalue weighted by molar-refractivity contribution is 5.85. The third-order valence-electron chi connectivity index (χ3n) is 4.60. The first kappa shape index (κ1) is 36.4. The minimum atomic E-state index is -6.39. The van der Waals surface area contributed by atoms with Crippen molar-refractivity contribution in [2.24, 2.45) is 16.7 Å². The van der Waals surface area contributed by atoms with Gasteiger partial charge >= 0.3 is 36.6 Å². The van der Waals surface area contributed by atoms with E-state index in [1.165, 1.54) is 20.8 Å². The third kappa shape index (κ3) is 11.5. The largest absolute Gasteiger partial charge is 0.460 e. The van der Waals surface area contributed by atoms with Crippen LogP contribution in [0.25, 0.3) is 0 Å². The molecule has 2 unspecified atom stereocenters. The highest BCUT2D eigenvalue weighted by atomic mass is 19.4. The Morgan fingerprint density at radius 3 is 1.26 bits per heavy atom. The molecule has 0 rings (SSSR count). The number of ether oxygens (including phenoxy) is 3. The van der Waals surface area contributed by atoms with E-state index in [4.69, 9.17) is 0 Å². The summed E-state index contributed by atoms with van der Waals surface area (Å²) in [5.41, 5.74) is -1.92. The van der Waals surface area contributed by atoms with Crippen molar-refractivity contribution in [1.29, 1.82) is 0 Å². The average molecular weight is 600 g/mol. The van der Waals surface area contributed by atoms with Crippen LogP contribution in [0.4, 0.5) is 52.7 Å². The first-order valence-electron chi connectivity index (χ1n) is 10.5. The molecule has 0 heterocycles. The van der Waals surface area contributed by atoms with Gasteiger partial charge in [0.15, 0.2) is 5.94 Å². The molecule has 0 radical (unpaired) electrons. The molecular formula is C21H24F12O6. The molecule has 0 aromatic carbocycles. The van der Waals surface area contributed by atoms with E-state index in [-0.39, 0.29) is 12.4 Å². The normalized spacial score (nSPS) is 15.5. The van der Waals surface area contributed by atoms with Crippen molar-refractivity contribution in [3.8, 4) is 0 Å². The van der Waals surface area contributed by atoms with Gasteiger partial charge in [-0.1, -0.05) is 41.5 Å². The van der Waals surface area contributed by atoms with Crippen LogP contribution in [0.15, 0.2) is 5.76 Å². The quantitative estimate of drug-likeness (QED) is 0.142. The van der Waals surface area contributed by atoms with Gasteiger partial charge in [-0.25, -0.2) is 9.59 Å². The zero-order valence-corrected chi connectivity index (χ0v) is 21.0. The molecule has 0 aliphatic carbocycles. The smallest absolute Gasteiger partial charge is 0.434 e. The SMILES string of the molecule is CC(C)(C)CC(C(=O)OC(C(=O)OC(C(F)(F)F)C(F)(F)F)C(=C=O)OC(C(F)(F)F)C(F)(F)F)C(C)(C)C. The van der Waals surface area contributed by atoms with Crippen LogP contribution in [0.2, 0.25) is 0 Å². The first-order valence-corrected chi connectivity index (χ1v) is 10.5. The van der Waals surface area contributed by atoms with Gasteiger partial charge in [0.2, 0.25) is 5.76 Å². The second-order valence-corrected chi connectivity index (χ2v) is 10.4. The van der Waals surface area contributed by atoms with E-state index < -0.39 is 77.5 Å². The van der Waals surface area contributed by atoms with Crippen molar-refractivity contribution in [3.05, 3.63) is 5.76 Å². The van der Waals surface area contributed by atoms with Crippen LogP contribution in [0.5, 0.6) is 0 Å². The molecule has 0 saturated heterocycles. The number of hydrogen-bond acceptors (Lipinski definition) is 6. The van der Waals surface area contributed by atoms with Gasteiger partial charge in [-0.15, -0.1) is 0 Å². The Balaban J connectivity index is 6.80. The lowest BCUT2D eigenvalue weighted by atomic mass is 9.72. The minimum absolute atomic E-state index is 0.181. The van der Waals surface area contributed by atoms with Gasteiger partial charge in [-0.3, -0.25) is 4.79 Å². The highest BCUT2D eigenvalue weighted by Gasteiger charge is 2.62. The molecule has 0 aromatic rings. The zero-order valence-electron chi connectivity index (χ0n) is 21.0. The molecule has 0 fully saturated rings. The van der Waals surface area contributed by atoms with E-state index in [9.17, 15) is 67.1 Å². The number of halogens is 12. The summed E-state index contributed by atoms with van der Waals surface area (Å²) in [6.45, 7) is 8.78. The summed E-state index contributed by atoms with van der Waals surface area (Å²) in [6, 6.07) is 0. The number of hydrogen-bond donors (Lipinski definition) is 0. The standard InChI is InChI=1S/C21H24F12O6/c1-16(2,3)7-9(17(4,5)6)12(35)38-11(13(36)39-15(20(28,29)30)21(31,32)33)10(8-34)37-14(18(22,23)24)19(25,26)27/h9,11,14-15H,7H2,1-6H3. The van der Waals surface area contributed by atoms with Crippen molar-refractivity contribution in [2.45, 2.75) is 91.0 Å². The van der Waals surface area contributed by atoms with Crippen LogP contribution < -0.4 is 0 Å². The van der Waals surface area contributed by atoms with Crippen molar-refractivity contribution < 1.29 is 81.3 Å². The molecule has 228 valence electrons. The Hall–Kier alpha value is -2.65. The van der Waals surface area contributed by atoms with E-state index in [0.717, 1.165) is 0 Å². The lowest BCUT2D eigenvalue weighted by Crippen LogP contribution is -2.50. The molecule has 0 aliphatic rings. The van der Waals surface area contributed by atoms with E-state index in [2.05, 4.69) is 14.2 Å². The summed E-state index contributed by atoms with van der Waals surface area (Å²) in [5, 5.41) is 0. The predicted octanol–water partition coefficient (Wildman–Crippen LogP) is 6.26. The Bertz CT molecular complexity index is 885. The summed E-state index contributed by atoms with van der Waals surface area (Å²) in [5.74, 6) is -8.41. The molecule has 2 atom stereocenters. The summed E-state index contributed by atoms with van der Waals surface area (Å²) in [7, 11) is 0. The molecule has 0 aliphatic heterocycles. The van der Waals surface area contributed by atoms with E-state index in [0.29, 0.717) is 0 Å². The highest BCUT2D eigenvalue weighted by Crippen LogP contribution is 2.40. The molecule has 0 spiro atoms. The molecule has 0 N–H and O–H groups in total. The second kappa shape index (κ2) is 11.8. The molecule has 0 amide bonds. The number of alkyl halides is 12. The van der Waals surface area contributed by atoms with Gasteiger partial charge in [-0.2, -0.15) is 52.7 Å². The Morgan fingerprint density at radius 1 is 0.615 bits per heavy atom. The zero-order chi connectivity index (χ0) is 31.6. The lowest BCUT2D eigenvalue weighted by molar-refractivity contribution is -0.318. The number of carbonyl (C=O) groups is 2. The number of carbonyl (C=O) groups excluding carboxylic acids is 3. The number of esters is 2. The summed E-state index contributed by atoms with van der Waals surface area (Å²) >= 11 is 0. The molecular weight excluding hydrogens is 576 g/mol. The van der Waals surface area contributed by atoms with Crippen molar-refractivity contribution in [1.82, 2.24) is 0 Å². The van der Waals surface area contributed by atoms with Gasteiger partial charge in [0.25, 0.3) is 18.3 Å². The van der Waals surface area contributed by atoms with Crippen LogP contribution in [-0.2, 0) is 28.6 Å². The summed E-state index contributed by atoms with van der Waals surface area (Å²) in [4.78, 5) is 36.4. The van der Waals surface area contributed by atoms with Crippen LogP contribution in [-0.4, -0.2) is 60.9 Å². The van der Waals surface area contributed by atoms with Gasteiger partial charge in [0.05, 0.1) is 5.92 Å². The van der Waals surface area contributed by atoms with Crippen LogP contribution in [0.1, 0.15) is 48.0 Å². The van der Waals surface area contributed by atoms with E-state index in [1.54, 1.807) is 20.8 Å². The first-order chi connectivity index (χ1) is 16.9. The van der Waals surface area contributed by atoms with Crippen molar-refractivity contribution in [2.75, 3.05) is 0 Å². The van der Waals surface area contributed by atoms with Gasteiger partial charge < -0.3 is 14.2 Å². The topological polar surface area (TPSA) is 78.9 Å². The van der Waals surface area contributed by atoms with Crippen molar-refractivity contribution in [3.63, 3.8) is 0 Å². The summed E-state index contributed by atoms with van der Waals surface area (Å²) < 4.78 is 166. The Kier molecular flexibility index (Phi) is 11.0. The maximum Gasteiger partial charge on any atom is 0.434 e. The fraction of sp³-hybridized carbons (Fsp3) is 0.810. The van der Waals surface area contributed by atoms with Crippen molar-refractivity contribution >= 4 is 17.9 Å². The third-order valence-corrected chi connectivity index (χ3v) is 4.60. The lowest BCUT2D eigenvalue weighted by Gasteiger charge is -2.35. The van der Waals surface area contributed by atoms with Crippen LogP contribution in [0.3, 0.4) is 0 Å². The summed E-state index contributed by atoms with van der Waals surface area (Å²) in [6.07, 6.45) is -39.3. The minimum Gasteiger partial charge on any atom is -0.460 e. The van der Waals surface area contributed by atoms with E-state index >= 15 is 0 Å². The molecule has 18 heteroatoms. The molecule has 0 bridgehead atoms. The maximum absolute atomic E-state index is 12.9. The average Bonchev–Trinajstić information content (AvgIpc) is 2.64. The Morgan fingerprint density at radius 2 is 0.974 bits per heavy atom. The fourth-order valence-electron chi connectivity index (χ4n) is 2.85. The molecule has 6 nitrogen and oxygen atoms in total. The predicted molar refractivity (Wildman–Crippen MR) is 105 cm³/mol. The molecule has 0 aromatic heterocycles.